The molecule has 1 fully saturated rings. The number of phenols is 1. The lowest BCUT2D eigenvalue weighted by Crippen LogP contribution is -2.46. The number of hydrogen-bond acceptors (Lipinski definition) is 4. The summed E-state index contributed by atoms with van der Waals surface area (Å²) in [6.45, 7) is 2.76. The first-order valence-corrected chi connectivity index (χ1v) is 8.91. The van der Waals surface area contributed by atoms with Gasteiger partial charge in [0.2, 0.25) is 0 Å². The number of carbonyl (C=O) groups excluding carboxylic acids is 2. The molecule has 5 nitrogen and oxygen atoms in total. The molecule has 1 aromatic carbocycles. The molecule has 0 bridgehead atoms. The molecule has 0 aliphatic carbocycles. The standard InChI is InChI=1S/C18H19FN2O3S/c1-11-5-6-15(25-11)17(23)20-12-7-9-21(10-8-12)18(24)16-13(19)3-2-4-14(16)22/h2-6,12,22H,7-10H2,1H3,(H,20,23). The molecule has 0 atom stereocenters. The number of hydrogen-bond donors (Lipinski definition) is 2. The zero-order valence-corrected chi connectivity index (χ0v) is 14.6. The fourth-order valence-electron chi connectivity index (χ4n) is 2.92. The van der Waals surface area contributed by atoms with Gasteiger partial charge in [0.25, 0.3) is 11.8 Å². The Balaban J connectivity index is 1.58. The normalized spacial score (nSPS) is 15.2. The second-order valence-corrected chi connectivity index (χ2v) is 7.37. The molecule has 3 rings (SSSR count). The first kappa shape index (κ1) is 17.4. The highest BCUT2D eigenvalue weighted by molar-refractivity contribution is 7.13. The Morgan fingerprint density at radius 3 is 2.56 bits per heavy atom. The number of carbonyl (C=O) groups is 2. The van der Waals surface area contributed by atoms with Crippen LogP contribution < -0.4 is 5.32 Å². The van der Waals surface area contributed by atoms with Gasteiger partial charge in [0.1, 0.15) is 17.1 Å². The number of benzene rings is 1. The highest BCUT2D eigenvalue weighted by Gasteiger charge is 2.28. The van der Waals surface area contributed by atoms with E-state index in [0.717, 1.165) is 10.9 Å². The van der Waals surface area contributed by atoms with E-state index in [1.807, 2.05) is 13.0 Å². The summed E-state index contributed by atoms with van der Waals surface area (Å²) in [7, 11) is 0. The van der Waals surface area contributed by atoms with E-state index in [2.05, 4.69) is 5.32 Å². The van der Waals surface area contributed by atoms with Gasteiger partial charge in [0, 0.05) is 24.0 Å². The maximum Gasteiger partial charge on any atom is 0.261 e. The van der Waals surface area contributed by atoms with E-state index >= 15 is 0 Å². The van der Waals surface area contributed by atoms with Crippen LogP contribution in [-0.4, -0.2) is 41.0 Å². The van der Waals surface area contributed by atoms with E-state index < -0.39 is 11.7 Å². The molecule has 1 aliphatic heterocycles. The zero-order valence-electron chi connectivity index (χ0n) is 13.8. The quantitative estimate of drug-likeness (QED) is 0.882. The van der Waals surface area contributed by atoms with Crippen LogP contribution in [-0.2, 0) is 0 Å². The van der Waals surface area contributed by atoms with Gasteiger partial charge in [-0.05, 0) is 44.0 Å². The first-order chi connectivity index (χ1) is 12.0. The second-order valence-electron chi connectivity index (χ2n) is 6.08. The van der Waals surface area contributed by atoms with Crippen LogP contribution in [0.25, 0.3) is 0 Å². The number of phenolic OH excluding ortho intramolecular Hbond substituents is 1. The lowest BCUT2D eigenvalue weighted by Gasteiger charge is -2.32. The predicted octanol–water partition coefficient (Wildman–Crippen LogP) is 2.94. The Kier molecular flexibility index (Phi) is 5.03. The number of amides is 2. The Morgan fingerprint density at radius 2 is 1.96 bits per heavy atom. The summed E-state index contributed by atoms with van der Waals surface area (Å²) < 4.78 is 13.8. The molecule has 2 N–H and O–H groups in total. The molecule has 2 heterocycles. The van der Waals surface area contributed by atoms with Crippen molar-refractivity contribution in [1.29, 1.82) is 0 Å². The van der Waals surface area contributed by atoms with E-state index in [1.165, 1.54) is 28.4 Å². The maximum atomic E-state index is 13.8. The van der Waals surface area contributed by atoms with Crippen LogP contribution in [0.4, 0.5) is 4.39 Å². The Morgan fingerprint density at radius 1 is 1.24 bits per heavy atom. The molecular formula is C18H19FN2O3S. The van der Waals surface area contributed by atoms with Crippen LogP contribution >= 0.6 is 11.3 Å². The average molecular weight is 362 g/mol. The number of nitrogens with zero attached hydrogens (tertiary/aromatic N) is 1. The zero-order chi connectivity index (χ0) is 18.0. The van der Waals surface area contributed by atoms with Crippen molar-refractivity contribution >= 4 is 23.2 Å². The summed E-state index contributed by atoms with van der Waals surface area (Å²) in [5.74, 6) is -1.70. The fraction of sp³-hybridized carbons (Fsp3) is 0.333. The van der Waals surface area contributed by atoms with Gasteiger partial charge in [-0.1, -0.05) is 6.07 Å². The van der Waals surface area contributed by atoms with Gasteiger partial charge in [-0.2, -0.15) is 0 Å². The summed E-state index contributed by atoms with van der Waals surface area (Å²) in [6.07, 6.45) is 1.19. The van der Waals surface area contributed by atoms with Gasteiger partial charge in [0.15, 0.2) is 0 Å². The van der Waals surface area contributed by atoms with Crippen molar-refractivity contribution in [2.24, 2.45) is 0 Å². The summed E-state index contributed by atoms with van der Waals surface area (Å²) >= 11 is 1.44. The largest absolute Gasteiger partial charge is 0.507 e. The van der Waals surface area contributed by atoms with E-state index in [1.54, 1.807) is 6.07 Å². The predicted molar refractivity (Wildman–Crippen MR) is 93.5 cm³/mol. The van der Waals surface area contributed by atoms with Crippen LogP contribution in [0.5, 0.6) is 5.75 Å². The van der Waals surface area contributed by atoms with Crippen LogP contribution in [0.1, 0.15) is 37.7 Å². The van der Waals surface area contributed by atoms with Gasteiger partial charge >= 0.3 is 0 Å². The van der Waals surface area contributed by atoms with Gasteiger partial charge in [-0.25, -0.2) is 4.39 Å². The lowest BCUT2D eigenvalue weighted by atomic mass is 10.0. The van der Waals surface area contributed by atoms with Crippen molar-refractivity contribution < 1.29 is 19.1 Å². The minimum absolute atomic E-state index is 0.0202. The number of likely N-dealkylation sites (tertiary alicyclic amines) is 1. The summed E-state index contributed by atoms with van der Waals surface area (Å²) in [6, 6.07) is 7.50. The third-order valence-corrected chi connectivity index (χ3v) is 5.29. The number of rotatable bonds is 3. The Hall–Kier alpha value is -2.41. The van der Waals surface area contributed by atoms with Crippen molar-refractivity contribution in [3.05, 3.63) is 51.5 Å². The molecule has 0 radical (unpaired) electrons. The average Bonchev–Trinajstić information content (AvgIpc) is 3.02. The Bertz CT molecular complexity index is 777. The molecule has 25 heavy (non-hydrogen) atoms. The SMILES string of the molecule is Cc1ccc(C(=O)NC2CCN(C(=O)c3c(O)cccc3F)CC2)s1. The van der Waals surface area contributed by atoms with Crippen molar-refractivity contribution in [2.75, 3.05) is 13.1 Å². The fourth-order valence-corrected chi connectivity index (χ4v) is 3.69. The molecule has 1 aromatic heterocycles. The van der Waals surface area contributed by atoms with Gasteiger partial charge in [-0.15, -0.1) is 11.3 Å². The lowest BCUT2D eigenvalue weighted by molar-refractivity contribution is 0.0691. The number of aryl methyl sites for hydroxylation is 1. The highest BCUT2D eigenvalue weighted by atomic mass is 32.1. The molecule has 0 spiro atoms. The van der Waals surface area contributed by atoms with E-state index in [9.17, 15) is 19.1 Å². The molecule has 2 amide bonds. The summed E-state index contributed by atoms with van der Waals surface area (Å²) in [4.78, 5) is 27.9. The van der Waals surface area contributed by atoms with E-state index in [-0.39, 0.29) is 23.3 Å². The minimum atomic E-state index is -0.728. The Labute approximate surface area is 149 Å². The van der Waals surface area contributed by atoms with Gasteiger partial charge in [-0.3, -0.25) is 9.59 Å². The molecule has 1 saturated heterocycles. The van der Waals surface area contributed by atoms with Crippen molar-refractivity contribution in [1.82, 2.24) is 10.2 Å². The molecule has 7 heteroatoms. The first-order valence-electron chi connectivity index (χ1n) is 8.10. The summed E-state index contributed by atoms with van der Waals surface area (Å²) in [5, 5.41) is 12.7. The van der Waals surface area contributed by atoms with Crippen molar-refractivity contribution in [2.45, 2.75) is 25.8 Å². The molecule has 1 aliphatic rings. The topological polar surface area (TPSA) is 69.6 Å². The number of aromatic hydroxyl groups is 1. The highest BCUT2D eigenvalue weighted by Crippen LogP contribution is 2.24. The van der Waals surface area contributed by atoms with Crippen LogP contribution in [0.15, 0.2) is 30.3 Å². The van der Waals surface area contributed by atoms with Crippen LogP contribution in [0.3, 0.4) is 0 Å². The number of nitrogens with one attached hydrogen (secondary N) is 1. The van der Waals surface area contributed by atoms with E-state index in [4.69, 9.17) is 0 Å². The van der Waals surface area contributed by atoms with Crippen LogP contribution in [0, 0.1) is 12.7 Å². The third-order valence-electron chi connectivity index (χ3n) is 4.29. The molecule has 132 valence electrons. The summed E-state index contributed by atoms with van der Waals surface area (Å²) in [5.41, 5.74) is -0.293. The van der Waals surface area contributed by atoms with Gasteiger partial charge < -0.3 is 15.3 Å². The number of halogens is 1. The number of piperidine rings is 1. The second kappa shape index (κ2) is 7.23. The van der Waals surface area contributed by atoms with E-state index in [0.29, 0.717) is 30.8 Å². The molecule has 0 unspecified atom stereocenters. The number of thiophene rings is 1. The molecule has 0 saturated carbocycles. The molecular weight excluding hydrogens is 343 g/mol. The van der Waals surface area contributed by atoms with Crippen molar-refractivity contribution in [3.63, 3.8) is 0 Å². The van der Waals surface area contributed by atoms with Gasteiger partial charge in [0.05, 0.1) is 4.88 Å². The minimum Gasteiger partial charge on any atom is -0.507 e. The molecule has 2 aromatic rings. The maximum absolute atomic E-state index is 13.8. The monoisotopic (exact) mass is 362 g/mol. The third kappa shape index (κ3) is 3.82. The smallest absolute Gasteiger partial charge is 0.261 e. The van der Waals surface area contributed by atoms with Crippen LogP contribution in [0.2, 0.25) is 0 Å². The van der Waals surface area contributed by atoms with Crippen molar-refractivity contribution in [3.8, 4) is 5.75 Å².